The standard InChI is InChI=1S/C29H34O13/c1-11-36-9-20-27(40-11)24(31)25(32)29(41-20)42-26-14-7-17-16(38-10-39-17)6-13(14)21(22-15(26)8-37-28(22)33)12-4-18(34-2)23(30)19(5-12)35-3/h4-7,11,15,20-22,24-33H,8-10H2,1-3H3/t11?,15-,20?,21+,22-,24?,25?,26+,27?,28+,29?/m0/s1. The maximum Gasteiger partial charge on any atom is 0.231 e. The Morgan fingerprint density at radius 1 is 0.833 bits per heavy atom. The van der Waals surface area contributed by atoms with Gasteiger partial charge in [-0.05, 0) is 47.9 Å². The SMILES string of the molecule is COc1cc([C@@H]2c3cc4c(cc3[C@@H](OC3OC5COC(C)OC5C(O)C3O)[C@H]3CO[C@@H](O)[C@H]23)OCO4)cc(OC)c1O. The van der Waals surface area contributed by atoms with E-state index in [4.69, 9.17) is 42.6 Å². The van der Waals surface area contributed by atoms with Crippen molar-refractivity contribution < 1.29 is 63.1 Å². The van der Waals surface area contributed by atoms with Crippen LogP contribution in [0.2, 0.25) is 0 Å². The average Bonchev–Trinajstić information content (AvgIpc) is 3.61. The minimum absolute atomic E-state index is 0.0476. The maximum atomic E-state index is 11.2. The highest BCUT2D eigenvalue weighted by Crippen LogP contribution is 2.57. The van der Waals surface area contributed by atoms with Crippen LogP contribution < -0.4 is 18.9 Å². The monoisotopic (exact) mass is 590 g/mol. The molecule has 0 spiro atoms. The lowest BCUT2D eigenvalue weighted by atomic mass is 9.65. The van der Waals surface area contributed by atoms with Crippen LogP contribution in [0.3, 0.4) is 0 Å². The molecule has 2 aromatic rings. The largest absolute Gasteiger partial charge is 0.502 e. The second kappa shape index (κ2) is 10.7. The summed E-state index contributed by atoms with van der Waals surface area (Å²) < 4.78 is 51.9. The summed E-state index contributed by atoms with van der Waals surface area (Å²) in [5.41, 5.74) is 2.18. The smallest absolute Gasteiger partial charge is 0.231 e. The molecule has 6 unspecified atom stereocenters. The van der Waals surface area contributed by atoms with Crippen molar-refractivity contribution >= 4 is 0 Å². The zero-order valence-corrected chi connectivity index (χ0v) is 23.2. The van der Waals surface area contributed by atoms with Crippen molar-refractivity contribution in [2.24, 2.45) is 11.8 Å². The summed E-state index contributed by atoms with van der Waals surface area (Å²) in [5.74, 6) is -0.0680. The van der Waals surface area contributed by atoms with Gasteiger partial charge in [0.1, 0.15) is 24.4 Å². The number of rotatable bonds is 5. The topological polar surface area (TPSA) is 164 Å². The minimum atomic E-state index is -1.41. The zero-order valence-electron chi connectivity index (χ0n) is 23.2. The summed E-state index contributed by atoms with van der Waals surface area (Å²) in [6.45, 7) is 2.07. The summed E-state index contributed by atoms with van der Waals surface area (Å²) >= 11 is 0. The van der Waals surface area contributed by atoms with Gasteiger partial charge in [-0.3, -0.25) is 0 Å². The van der Waals surface area contributed by atoms with Crippen LogP contribution in [0.1, 0.15) is 35.6 Å². The lowest BCUT2D eigenvalue weighted by molar-refractivity contribution is -0.364. The van der Waals surface area contributed by atoms with E-state index in [0.717, 1.165) is 5.56 Å². The number of benzene rings is 2. The van der Waals surface area contributed by atoms with Gasteiger partial charge < -0.3 is 63.1 Å². The fourth-order valence-corrected chi connectivity index (χ4v) is 6.90. The predicted octanol–water partition coefficient (Wildman–Crippen LogP) is 1.13. The third-order valence-corrected chi connectivity index (χ3v) is 8.90. The Labute approximate surface area is 241 Å². The van der Waals surface area contributed by atoms with E-state index in [1.165, 1.54) is 14.2 Å². The summed E-state index contributed by atoms with van der Waals surface area (Å²) in [6, 6.07) is 7.08. The van der Waals surface area contributed by atoms with E-state index in [1.807, 2.05) is 12.1 Å². The van der Waals surface area contributed by atoms with Crippen LogP contribution in [0.15, 0.2) is 24.3 Å². The highest BCUT2D eigenvalue weighted by atomic mass is 16.8. The van der Waals surface area contributed by atoms with Gasteiger partial charge in [0.05, 0.1) is 33.5 Å². The number of phenols is 1. The second-order valence-corrected chi connectivity index (χ2v) is 11.1. The van der Waals surface area contributed by atoms with Crippen LogP contribution in [0.5, 0.6) is 28.7 Å². The van der Waals surface area contributed by atoms with Gasteiger partial charge in [-0.2, -0.15) is 0 Å². The average molecular weight is 591 g/mol. The van der Waals surface area contributed by atoms with Crippen LogP contribution in [0.25, 0.3) is 0 Å². The number of methoxy groups -OCH3 is 2. The van der Waals surface area contributed by atoms with Gasteiger partial charge in [-0.25, -0.2) is 0 Å². The molecule has 3 saturated heterocycles. The first-order valence-electron chi connectivity index (χ1n) is 13.9. The number of ether oxygens (including phenoxy) is 9. The summed E-state index contributed by atoms with van der Waals surface area (Å²) in [5, 5.41) is 43.7. The molecule has 13 nitrogen and oxygen atoms in total. The van der Waals surface area contributed by atoms with Crippen molar-refractivity contribution in [3.05, 3.63) is 41.0 Å². The lowest BCUT2D eigenvalue weighted by Crippen LogP contribution is -2.63. The van der Waals surface area contributed by atoms with Crippen molar-refractivity contribution in [2.45, 2.75) is 62.2 Å². The Balaban J connectivity index is 1.31. The third kappa shape index (κ3) is 4.38. The zero-order chi connectivity index (χ0) is 29.3. The molecule has 1 aliphatic carbocycles. The van der Waals surface area contributed by atoms with Crippen molar-refractivity contribution in [1.29, 1.82) is 0 Å². The van der Waals surface area contributed by atoms with Gasteiger partial charge >= 0.3 is 0 Å². The molecule has 5 aliphatic rings. The van der Waals surface area contributed by atoms with Gasteiger partial charge in [0.25, 0.3) is 0 Å². The number of aliphatic hydroxyl groups is 3. The molecule has 0 amide bonds. The maximum absolute atomic E-state index is 11.2. The van der Waals surface area contributed by atoms with Crippen molar-refractivity contribution in [3.8, 4) is 28.7 Å². The number of hydrogen-bond acceptors (Lipinski definition) is 13. The molecule has 2 aromatic carbocycles. The Morgan fingerprint density at radius 3 is 2.21 bits per heavy atom. The number of aliphatic hydroxyl groups excluding tert-OH is 3. The van der Waals surface area contributed by atoms with E-state index in [9.17, 15) is 20.4 Å². The second-order valence-electron chi connectivity index (χ2n) is 11.1. The van der Waals surface area contributed by atoms with E-state index < -0.39 is 67.1 Å². The van der Waals surface area contributed by atoms with E-state index >= 15 is 0 Å². The molecule has 7 rings (SSSR count). The molecule has 13 heteroatoms. The van der Waals surface area contributed by atoms with E-state index in [-0.39, 0.29) is 37.3 Å². The first kappa shape index (κ1) is 27.9. The molecule has 4 N–H and O–H groups in total. The highest BCUT2D eigenvalue weighted by molar-refractivity contribution is 5.58. The molecule has 0 aromatic heterocycles. The van der Waals surface area contributed by atoms with E-state index in [0.29, 0.717) is 22.6 Å². The van der Waals surface area contributed by atoms with E-state index in [2.05, 4.69) is 0 Å². The van der Waals surface area contributed by atoms with Gasteiger partial charge in [0, 0.05) is 17.8 Å². The molecule has 11 atom stereocenters. The van der Waals surface area contributed by atoms with Gasteiger partial charge in [-0.15, -0.1) is 0 Å². The molecule has 4 aliphatic heterocycles. The fourth-order valence-electron chi connectivity index (χ4n) is 6.90. The summed E-state index contributed by atoms with van der Waals surface area (Å²) in [4.78, 5) is 0. The van der Waals surface area contributed by atoms with Gasteiger partial charge in [0.15, 0.2) is 41.9 Å². The van der Waals surface area contributed by atoms with Crippen molar-refractivity contribution in [2.75, 3.05) is 34.2 Å². The first-order valence-corrected chi connectivity index (χ1v) is 13.9. The van der Waals surface area contributed by atoms with Gasteiger partial charge in [-0.1, -0.05) is 0 Å². The molecule has 0 radical (unpaired) electrons. The first-order chi connectivity index (χ1) is 20.3. The highest BCUT2D eigenvalue weighted by Gasteiger charge is 2.55. The molecule has 0 saturated carbocycles. The summed E-state index contributed by atoms with van der Waals surface area (Å²) in [7, 11) is 2.89. The number of aromatic hydroxyl groups is 1. The van der Waals surface area contributed by atoms with Crippen LogP contribution in [0.4, 0.5) is 0 Å². The Morgan fingerprint density at radius 2 is 1.52 bits per heavy atom. The lowest BCUT2D eigenvalue weighted by Gasteiger charge is -2.48. The normalized spacial score (nSPS) is 38.4. The third-order valence-electron chi connectivity index (χ3n) is 8.90. The molecular formula is C29H34O13. The van der Waals surface area contributed by atoms with Crippen molar-refractivity contribution in [3.63, 3.8) is 0 Å². The summed E-state index contributed by atoms with van der Waals surface area (Å²) in [6.07, 6.45) is -7.79. The van der Waals surface area contributed by atoms with Crippen LogP contribution >= 0.6 is 0 Å². The minimum Gasteiger partial charge on any atom is -0.502 e. The van der Waals surface area contributed by atoms with Crippen molar-refractivity contribution in [1.82, 2.24) is 0 Å². The Bertz CT molecular complexity index is 1310. The fraction of sp³-hybridized carbons (Fsp3) is 0.586. The molecule has 0 bridgehead atoms. The van der Waals surface area contributed by atoms with Crippen LogP contribution in [-0.4, -0.2) is 97.9 Å². The number of phenolic OH excluding ortho intramolecular Hbond substituents is 1. The quantitative estimate of drug-likeness (QED) is 0.392. The number of hydrogen-bond donors (Lipinski definition) is 4. The molecule has 4 heterocycles. The predicted molar refractivity (Wildman–Crippen MR) is 139 cm³/mol. The van der Waals surface area contributed by atoms with Crippen LogP contribution in [-0.2, 0) is 23.7 Å². The van der Waals surface area contributed by atoms with Gasteiger partial charge in [0.2, 0.25) is 12.5 Å². The number of fused-ring (bicyclic) bond motifs is 4. The Kier molecular flexibility index (Phi) is 7.10. The van der Waals surface area contributed by atoms with E-state index in [1.54, 1.807) is 19.1 Å². The molecule has 228 valence electrons. The Hall–Kier alpha value is -2.88. The molecule has 42 heavy (non-hydrogen) atoms. The molecule has 3 fully saturated rings. The molecular weight excluding hydrogens is 556 g/mol. The van der Waals surface area contributed by atoms with Crippen LogP contribution in [0, 0.1) is 11.8 Å².